The summed E-state index contributed by atoms with van der Waals surface area (Å²) in [5, 5.41) is 0. The molecule has 190 valence electrons. The van der Waals surface area contributed by atoms with Gasteiger partial charge in [-0.15, -0.1) is 0 Å². The molecule has 1 aromatic heterocycles. The summed E-state index contributed by atoms with van der Waals surface area (Å²) in [5.41, 5.74) is 3.87. The second-order valence-electron chi connectivity index (χ2n) is 8.68. The van der Waals surface area contributed by atoms with Gasteiger partial charge in [0.05, 0.1) is 45.5 Å². The van der Waals surface area contributed by atoms with E-state index in [1.807, 2.05) is 42.5 Å². The lowest BCUT2D eigenvalue weighted by molar-refractivity contribution is 0.282. The third-order valence-corrected chi connectivity index (χ3v) is 6.72. The average molecular weight is 554 g/mol. The van der Waals surface area contributed by atoms with Crippen LogP contribution in [0.25, 0.3) is 22.4 Å². The monoisotopic (exact) mass is 553 g/mol. The van der Waals surface area contributed by atoms with Crippen LogP contribution in [-0.4, -0.2) is 63.0 Å². The van der Waals surface area contributed by atoms with Gasteiger partial charge >= 0.3 is 0 Å². The van der Waals surface area contributed by atoms with Crippen molar-refractivity contribution in [1.29, 1.82) is 0 Å². The van der Waals surface area contributed by atoms with Gasteiger partial charge in [-0.3, -0.25) is 0 Å². The highest BCUT2D eigenvalue weighted by molar-refractivity contribution is 9.10. The van der Waals surface area contributed by atoms with E-state index in [0.717, 1.165) is 51.2 Å². The number of hydrogen-bond donors (Lipinski definition) is 0. The van der Waals surface area contributed by atoms with E-state index in [-0.39, 0.29) is 0 Å². The fraction of sp³-hybridized carbons (Fsp3) is 0.321. The van der Waals surface area contributed by atoms with Gasteiger partial charge < -0.3 is 28.4 Å². The highest BCUT2D eigenvalue weighted by Gasteiger charge is 2.20. The molecule has 0 atom stereocenters. The SMILES string of the molecule is COc1cc(-c2nc3ccc(OCCCN(C)C)cc3n2Cc2ccccc2Br)cc(OC)c1OC. The van der Waals surface area contributed by atoms with E-state index in [9.17, 15) is 0 Å². The summed E-state index contributed by atoms with van der Waals surface area (Å²) in [6, 6.07) is 18.1. The maximum absolute atomic E-state index is 6.08. The number of hydrogen-bond acceptors (Lipinski definition) is 6. The smallest absolute Gasteiger partial charge is 0.203 e. The van der Waals surface area contributed by atoms with Crippen molar-refractivity contribution in [2.75, 3.05) is 48.6 Å². The third-order valence-electron chi connectivity index (χ3n) is 5.95. The van der Waals surface area contributed by atoms with E-state index >= 15 is 0 Å². The number of aromatic nitrogens is 2. The van der Waals surface area contributed by atoms with Crippen molar-refractivity contribution in [1.82, 2.24) is 14.5 Å². The van der Waals surface area contributed by atoms with Crippen LogP contribution in [-0.2, 0) is 6.54 Å². The number of nitrogens with zero attached hydrogens (tertiary/aromatic N) is 3. The lowest BCUT2D eigenvalue weighted by Gasteiger charge is -2.16. The summed E-state index contributed by atoms with van der Waals surface area (Å²) in [7, 11) is 8.96. The van der Waals surface area contributed by atoms with Crippen LogP contribution in [0.1, 0.15) is 12.0 Å². The van der Waals surface area contributed by atoms with Gasteiger partial charge in [-0.25, -0.2) is 4.98 Å². The summed E-state index contributed by atoms with van der Waals surface area (Å²) in [5.74, 6) is 3.33. The van der Waals surface area contributed by atoms with E-state index in [2.05, 4.69) is 51.6 Å². The van der Waals surface area contributed by atoms with E-state index in [4.69, 9.17) is 23.9 Å². The van der Waals surface area contributed by atoms with Crippen molar-refractivity contribution in [2.45, 2.75) is 13.0 Å². The van der Waals surface area contributed by atoms with E-state index in [1.54, 1.807) is 21.3 Å². The summed E-state index contributed by atoms with van der Waals surface area (Å²) >= 11 is 3.70. The Bertz CT molecular complexity index is 1310. The Hall–Kier alpha value is -3.23. The molecule has 0 saturated heterocycles. The number of imidazole rings is 1. The fourth-order valence-corrected chi connectivity index (χ4v) is 4.56. The molecule has 0 saturated carbocycles. The zero-order valence-electron chi connectivity index (χ0n) is 21.4. The molecule has 4 aromatic rings. The Labute approximate surface area is 220 Å². The first-order valence-corrected chi connectivity index (χ1v) is 12.6. The first kappa shape index (κ1) is 25.9. The molecule has 0 aliphatic heterocycles. The van der Waals surface area contributed by atoms with Gasteiger partial charge in [0.2, 0.25) is 5.75 Å². The number of fused-ring (bicyclic) bond motifs is 1. The van der Waals surface area contributed by atoms with E-state index in [1.165, 1.54) is 0 Å². The molecule has 0 unspecified atom stereocenters. The second-order valence-corrected chi connectivity index (χ2v) is 9.54. The number of halogens is 1. The molecule has 4 rings (SSSR count). The normalized spacial score (nSPS) is 11.2. The molecule has 1 heterocycles. The average Bonchev–Trinajstić information content (AvgIpc) is 3.24. The van der Waals surface area contributed by atoms with Gasteiger partial charge in [0.15, 0.2) is 11.5 Å². The molecule has 0 aliphatic rings. The predicted octanol–water partition coefficient (Wildman–Crippen LogP) is 5.87. The maximum atomic E-state index is 6.08. The lowest BCUT2D eigenvalue weighted by atomic mass is 10.1. The van der Waals surface area contributed by atoms with Crippen LogP contribution in [0, 0.1) is 0 Å². The zero-order chi connectivity index (χ0) is 25.7. The molecule has 0 aliphatic carbocycles. The summed E-state index contributed by atoms with van der Waals surface area (Å²) in [4.78, 5) is 7.17. The number of rotatable bonds is 11. The summed E-state index contributed by atoms with van der Waals surface area (Å²) in [6.45, 7) is 2.25. The topological polar surface area (TPSA) is 58.0 Å². The number of ether oxygens (including phenoxy) is 4. The number of benzene rings is 3. The van der Waals surface area contributed by atoms with Crippen LogP contribution in [0.15, 0.2) is 59.1 Å². The summed E-state index contributed by atoms with van der Waals surface area (Å²) in [6.07, 6.45) is 0.956. The highest BCUT2D eigenvalue weighted by atomic mass is 79.9. The Balaban J connectivity index is 1.82. The highest BCUT2D eigenvalue weighted by Crippen LogP contribution is 2.42. The van der Waals surface area contributed by atoms with E-state index in [0.29, 0.717) is 30.4 Å². The lowest BCUT2D eigenvalue weighted by Crippen LogP contribution is -2.15. The minimum Gasteiger partial charge on any atom is -0.493 e. The van der Waals surface area contributed by atoms with Crippen LogP contribution >= 0.6 is 15.9 Å². The molecule has 36 heavy (non-hydrogen) atoms. The molecular formula is C28H32BrN3O4. The van der Waals surface area contributed by atoms with Crippen LogP contribution < -0.4 is 18.9 Å². The molecule has 0 bridgehead atoms. The minimum atomic E-state index is 0.547. The Morgan fingerprint density at radius 2 is 1.64 bits per heavy atom. The van der Waals surface area contributed by atoms with E-state index < -0.39 is 0 Å². The zero-order valence-corrected chi connectivity index (χ0v) is 23.0. The molecule has 0 spiro atoms. The first-order chi connectivity index (χ1) is 17.4. The van der Waals surface area contributed by atoms with Gasteiger partial charge in [0, 0.05) is 22.6 Å². The van der Waals surface area contributed by atoms with Gasteiger partial charge in [0.1, 0.15) is 11.6 Å². The second kappa shape index (κ2) is 11.7. The Morgan fingerprint density at radius 3 is 2.28 bits per heavy atom. The molecule has 3 aromatic carbocycles. The van der Waals surface area contributed by atoms with Gasteiger partial charge in [0.25, 0.3) is 0 Å². The van der Waals surface area contributed by atoms with Gasteiger partial charge in [-0.1, -0.05) is 34.1 Å². The van der Waals surface area contributed by atoms with Crippen molar-refractivity contribution in [3.05, 3.63) is 64.6 Å². The van der Waals surface area contributed by atoms with Crippen molar-refractivity contribution in [3.63, 3.8) is 0 Å². The fourth-order valence-electron chi connectivity index (χ4n) is 4.15. The van der Waals surface area contributed by atoms with Crippen LogP contribution in [0.3, 0.4) is 0 Å². The molecular weight excluding hydrogens is 522 g/mol. The largest absolute Gasteiger partial charge is 0.493 e. The minimum absolute atomic E-state index is 0.547. The standard InChI is InChI=1S/C28H32BrN3O4/c1-31(2)13-8-14-36-21-11-12-23-24(17-21)32(18-19-9-6-7-10-22(19)29)28(30-23)20-15-25(33-3)27(35-5)26(16-20)34-4/h6-7,9-12,15-17H,8,13-14,18H2,1-5H3. The van der Waals surface area contributed by atoms with Crippen LogP contribution in [0.5, 0.6) is 23.0 Å². The van der Waals surface area contributed by atoms with Crippen molar-refractivity contribution in [3.8, 4) is 34.4 Å². The molecule has 0 radical (unpaired) electrons. The predicted molar refractivity (Wildman–Crippen MR) is 147 cm³/mol. The van der Waals surface area contributed by atoms with Crippen molar-refractivity contribution in [2.24, 2.45) is 0 Å². The molecule has 0 N–H and O–H groups in total. The molecule has 0 amide bonds. The van der Waals surface area contributed by atoms with Crippen molar-refractivity contribution >= 4 is 27.0 Å². The molecule has 7 nitrogen and oxygen atoms in total. The molecule has 0 fully saturated rings. The van der Waals surface area contributed by atoms with Gasteiger partial charge in [-0.2, -0.15) is 0 Å². The third kappa shape index (κ3) is 5.60. The Morgan fingerprint density at radius 1 is 0.917 bits per heavy atom. The molecule has 8 heteroatoms. The first-order valence-electron chi connectivity index (χ1n) is 11.8. The Kier molecular flexibility index (Phi) is 8.38. The quantitative estimate of drug-likeness (QED) is 0.216. The summed E-state index contributed by atoms with van der Waals surface area (Å²) < 4.78 is 26.1. The maximum Gasteiger partial charge on any atom is 0.203 e. The van der Waals surface area contributed by atoms with Gasteiger partial charge in [-0.05, 0) is 56.4 Å². The van der Waals surface area contributed by atoms with Crippen LogP contribution in [0.4, 0.5) is 0 Å². The van der Waals surface area contributed by atoms with Crippen molar-refractivity contribution < 1.29 is 18.9 Å². The van der Waals surface area contributed by atoms with Crippen LogP contribution in [0.2, 0.25) is 0 Å². The number of methoxy groups -OCH3 is 3.